The van der Waals surface area contributed by atoms with E-state index >= 15 is 0 Å². The third-order valence-corrected chi connectivity index (χ3v) is 3.69. The predicted molar refractivity (Wildman–Crippen MR) is 78.8 cm³/mol. The lowest BCUT2D eigenvalue weighted by Crippen LogP contribution is -2.33. The third kappa shape index (κ3) is 3.65. The largest absolute Gasteiger partial charge is 0.389 e. The number of nitrogens with two attached hydrogens (primary N) is 1. The summed E-state index contributed by atoms with van der Waals surface area (Å²) >= 11 is 4.96. The van der Waals surface area contributed by atoms with Crippen LogP contribution in [0.4, 0.5) is 5.82 Å². The SMILES string of the molecule is CN1CCC(CNc2cc(C(N)=S)ccn2)CC1. The molecule has 3 N–H and O–H groups in total. The number of hydrogen-bond donors (Lipinski definition) is 2. The van der Waals surface area contributed by atoms with Crippen molar-refractivity contribution >= 4 is 23.0 Å². The van der Waals surface area contributed by atoms with Crippen molar-refractivity contribution in [1.82, 2.24) is 9.88 Å². The molecule has 5 heteroatoms. The number of anilines is 1. The monoisotopic (exact) mass is 264 g/mol. The van der Waals surface area contributed by atoms with E-state index in [0.29, 0.717) is 4.99 Å². The van der Waals surface area contributed by atoms with Gasteiger partial charge in [0.15, 0.2) is 0 Å². The fourth-order valence-corrected chi connectivity index (χ4v) is 2.32. The van der Waals surface area contributed by atoms with Crippen LogP contribution in [-0.4, -0.2) is 41.6 Å². The minimum atomic E-state index is 0.416. The molecular formula is C13H20N4S. The van der Waals surface area contributed by atoms with Crippen molar-refractivity contribution < 1.29 is 0 Å². The van der Waals surface area contributed by atoms with Crippen LogP contribution in [0, 0.1) is 5.92 Å². The van der Waals surface area contributed by atoms with Gasteiger partial charge >= 0.3 is 0 Å². The predicted octanol–water partition coefficient (Wildman–Crippen LogP) is 1.47. The summed E-state index contributed by atoms with van der Waals surface area (Å²) in [6.07, 6.45) is 4.24. The summed E-state index contributed by atoms with van der Waals surface area (Å²) in [4.78, 5) is 7.08. The molecule has 0 saturated carbocycles. The molecule has 98 valence electrons. The second-order valence-corrected chi connectivity index (χ2v) is 5.36. The first-order valence-electron chi connectivity index (χ1n) is 6.33. The van der Waals surface area contributed by atoms with Crippen molar-refractivity contribution in [3.63, 3.8) is 0 Å². The number of hydrogen-bond acceptors (Lipinski definition) is 4. The highest BCUT2D eigenvalue weighted by molar-refractivity contribution is 7.80. The number of pyridine rings is 1. The standard InChI is InChI=1S/C13H20N4S/c1-17-6-3-10(4-7-17)9-16-12-8-11(13(14)18)2-5-15-12/h2,5,8,10H,3-4,6-7,9H2,1H3,(H2,14,18)(H,15,16). The van der Waals surface area contributed by atoms with Crippen LogP contribution in [0.1, 0.15) is 18.4 Å². The fourth-order valence-electron chi connectivity index (χ4n) is 2.20. The maximum absolute atomic E-state index is 5.61. The van der Waals surface area contributed by atoms with Crippen molar-refractivity contribution in [2.24, 2.45) is 11.7 Å². The molecule has 0 aliphatic carbocycles. The first-order valence-corrected chi connectivity index (χ1v) is 6.74. The van der Waals surface area contributed by atoms with E-state index in [1.54, 1.807) is 6.20 Å². The average molecular weight is 264 g/mol. The summed E-state index contributed by atoms with van der Waals surface area (Å²) in [5.74, 6) is 1.59. The summed E-state index contributed by atoms with van der Waals surface area (Å²) in [5, 5.41) is 3.38. The molecule has 1 fully saturated rings. The van der Waals surface area contributed by atoms with Gasteiger partial charge in [0.25, 0.3) is 0 Å². The van der Waals surface area contributed by atoms with Crippen molar-refractivity contribution in [3.05, 3.63) is 23.9 Å². The number of likely N-dealkylation sites (tertiary alicyclic amines) is 1. The highest BCUT2D eigenvalue weighted by atomic mass is 32.1. The van der Waals surface area contributed by atoms with E-state index in [4.69, 9.17) is 18.0 Å². The Morgan fingerprint density at radius 3 is 2.94 bits per heavy atom. The van der Waals surface area contributed by atoms with Crippen molar-refractivity contribution in [1.29, 1.82) is 0 Å². The topological polar surface area (TPSA) is 54.2 Å². The van der Waals surface area contributed by atoms with Gasteiger partial charge in [-0.1, -0.05) is 12.2 Å². The maximum Gasteiger partial charge on any atom is 0.126 e. The Morgan fingerprint density at radius 1 is 1.56 bits per heavy atom. The van der Waals surface area contributed by atoms with Gasteiger partial charge in [0, 0.05) is 18.3 Å². The van der Waals surface area contributed by atoms with Gasteiger partial charge in [-0.25, -0.2) is 4.98 Å². The minimum absolute atomic E-state index is 0.416. The van der Waals surface area contributed by atoms with Gasteiger partial charge in [0.1, 0.15) is 10.8 Å². The van der Waals surface area contributed by atoms with Gasteiger partial charge < -0.3 is 16.0 Å². The Kier molecular flexibility index (Phi) is 4.49. The van der Waals surface area contributed by atoms with E-state index in [0.717, 1.165) is 23.8 Å². The number of aromatic nitrogens is 1. The van der Waals surface area contributed by atoms with Crippen LogP contribution in [0.3, 0.4) is 0 Å². The molecule has 0 bridgehead atoms. The second-order valence-electron chi connectivity index (χ2n) is 4.92. The zero-order valence-electron chi connectivity index (χ0n) is 10.7. The molecule has 18 heavy (non-hydrogen) atoms. The van der Waals surface area contributed by atoms with Crippen molar-refractivity contribution in [2.75, 3.05) is 32.0 Å². The zero-order chi connectivity index (χ0) is 13.0. The first kappa shape index (κ1) is 13.2. The van der Waals surface area contributed by atoms with E-state index in [9.17, 15) is 0 Å². The number of rotatable bonds is 4. The number of thiocarbonyl (C=S) groups is 1. The molecule has 2 rings (SSSR count). The lowest BCUT2D eigenvalue weighted by Gasteiger charge is -2.29. The van der Waals surface area contributed by atoms with Crippen molar-refractivity contribution in [2.45, 2.75) is 12.8 Å². The Balaban J connectivity index is 1.86. The molecule has 1 aromatic heterocycles. The van der Waals surface area contributed by atoms with Crippen LogP contribution in [-0.2, 0) is 0 Å². The Bertz CT molecular complexity index is 413. The average Bonchev–Trinajstić information content (AvgIpc) is 2.38. The van der Waals surface area contributed by atoms with Gasteiger partial charge in [0.05, 0.1) is 0 Å². The summed E-state index contributed by atoms with van der Waals surface area (Å²) < 4.78 is 0. The van der Waals surface area contributed by atoms with Gasteiger partial charge in [0.2, 0.25) is 0 Å². The molecule has 1 aliphatic rings. The molecule has 0 radical (unpaired) electrons. The van der Waals surface area contributed by atoms with Crippen LogP contribution < -0.4 is 11.1 Å². The first-order chi connectivity index (χ1) is 8.65. The smallest absolute Gasteiger partial charge is 0.126 e. The van der Waals surface area contributed by atoms with Crippen molar-refractivity contribution in [3.8, 4) is 0 Å². The van der Waals surface area contributed by atoms with Gasteiger partial charge in [-0.3, -0.25) is 0 Å². The number of piperidine rings is 1. The summed E-state index contributed by atoms with van der Waals surface area (Å²) in [7, 11) is 2.18. The van der Waals surface area contributed by atoms with Gasteiger partial charge in [-0.15, -0.1) is 0 Å². The summed E-state index contributed by atoms with van der Waals surface area (Å²) in [6.45, 7) is 3.35. The zero-order valence-corrected chi connectivity index (χ0v) is 11.5. The van der Waals surface area contributed by atoms with Crippen LogP contribution in [0.15, 0.2) is 18.3 Å². The molecular weight excluding hydrogens is 244 g/mol. The van der Waals surface area contributed by atoms with E-state index in [-0.39, 0.29) is 0 Å². The lowest BCUT2D eigenvalue weighted by molar-refractivity contribution is 0.226. The van der Waals surface area contributed by atoms with Crippen LogP contribution in [0.25, 0.3) is 0 Å². The quantitative estimate of drug-likeness (QED) is 0.807. The highest BCUT2D eigenvalue weighted by Crippen LogP contribution is 2.16. The van der Waals surface area contributed by atoms with Crippen LogP contribution in [0.2, 0.25) is 0 Å². The van der Waals surface area contributed by atoms with E-state index in [1.807, 2.05) is 12.1 Å². The second kappa shape index (κ2) is 6.11. The van der Waals surface area contributed by atoms with E-state index in [1.165, 1.54) is 25.9 Å². The lowest BCUT2D eigenvalue weighted by atomic mass is 9.97. The van der Waals surface area contributed by atoms with E-state index < -0.39 is 0 Å². The highest BCUT2D eigenvalue weighted by Gasteiger charge is 2.16. The Morgan fingerprint density at radius 2 is 2.28 bits per heavy atom. The molecule has 4 nitrogen and oxygen atoms in total. The number of nitrogens with one attached hydrogen (secondary N) is 1. The minimum Gasteiger partial charge on any atom is -0.389 e. The molecule has 0 spiro atoms. The van der Waals surface area contributed by atoms with E-state index in [2.05, 4.69) is 22.2 Å². The van der Waals surface area contributed by atoms with Crippen LogP contribution in [0.5, 0.6) is 0 Å². The fraction of sp³-hybridized carbons (Fsp3) is 0.538. The molecule has 0 aromatic carbocycles. The molecule has 1 aromatic rings. The normalized spacial score (nSPS) is 17.6. The number of nitrogens with zero attached hydrogens (tertiary/aromatic N) is 2. The molecule has 0 amide bonds. The van der Waals surface area contributed by atoms with Gasteiger partial charge in [-0.05, 0) is 51.0 Å². The van der Waals surface area contributed by atoms with Gasteiger partial charge in [-0.2, -0.15) is 0 Å². The maximum atomic E-state index is 5.61. The summed E-state index contributed by atoms with van der Waals surface area (Å²) in [5.41, 5.74) is 6.47. The van der Waals surface area contributed by atoms with Crippen LogP contribution >= 0.6 is 12.2 Å². The molecule has 1 aliphatic heterocycles. The Hall–Kier alpha value is -1.20. The third-order valence-electron chi connectivity index (χ3n) is 3.45. The molecule has 0 unspecified atom stereocenters. The molecule has 2 heterocycles. The molecule has 1 saturated heterocycles. The molecule has 0 atom stereocenters. The Labute approximate surface area is 114 Å². The summed E-state index contributed by atoms with van der Waals surface area (Å²) in [6, 6.07) is 3.75.